The van der Waals surface area contributed by atoms with Crippen LogP contribution in [0.15, 0.2) is 24.3 Å². The number of nitrogens with one attached hydrogen (secondary N) is 1. The van der Waals surface area contributed by atoms with Crippen LogP contribution in [0.1, 0.15) is 71.3 Å². The first-order chi connectivity index (χ1) is 16.1. The maximum atomic E-state index is 12.5. The van der Waals surface area contributed by atoms with Crippen LogP contribution in [0, 0.1) is 0 Å². The summed E-state index contributed by atoms with van der Waals surface area (Å²) in [7, 11) is 0. The van der Waals surface area contributed by atoms with E-state index in [1.165, 1.54) is 0 Å². The monoisotopic (exact) mass is 608 g/mol. The van der Waals surface area contributed by atoms with Gasteiger partial charge in [0.05, 0.1) is 0 Å². The summed E-state index contributed by atoms with van der Waals surface area (Å²) in [5.41, 5.74) is 1.63. The second kappa shape index (κ2) is 16.5. The first-order valence-corrected chi connectivity index (χ1v) is 13.8. The average molecular weight is 609 g/mol. The van der Waals surface area contributed by atoms with E-state index in [-0.39, 0.29) is 20.9 Å². The zero-order valence-corrected chi connectivity index (χ0v) is 26.3. The third kappa shape index (κ3) is 17.0. The van der Waals surface area contributed by atoms with Gasteiger partial charge in [-0.15, -0.1) is 10.3 Å². The van der Waals surface area contributed by atoms with E-state index >= 15 is 0 Å². The summed E-state index contributed by atoms with van der Waals surface area (Å²) in [6.07, 6.45) is 0. The number of hydrogen-bond acceptors (Lipinski definition) is 6. The Morgan fingerprint density at radius 1 is 0.914 bits per heavy atom. The molecule has 6 nitrogen and oxygen atoms in total. The average Bonchev–Trinajstić information content (AvgIpc) is 2.75. The third-order valence-corrected chi connectivity index (χ3v) is 5.59. The van der Waals surface area contributed by atoms with Crippen molar-refractivity contribution in [1.82, 2.24) is 15.1 Å². The summed E-state index contributed by atoms with van der Waals surface area (Å²) in [4.78, 5) is 17.2. The van der Waals surface area contributed by atoms with Gasteiger partial charge >= 0.3 is 22.4 Å². The number of carbonyl (C=O) groups is 1. The van der Waals surface area contributed by atoms with Crippen LogP contribution in [0.5, 0.6) is 0 Å². The van der Waals surface area contributed by atoms with Gasteiger partial charge in [0.25, 0.3) is 5.91 Å². The Balaban J connectivity index is 0.00000562. The molecule has 0 aromatic heterocycles. The van der Waals surface area contributed by atoms with Crippen LogP contribution < -0.4 is 5.32 Å². The topological polar surface area (TPSA) is 66.8 Å². The first-order valence-electron chi connectivity index (χ1n) is 12.2. The number of amides is 1. The molecule has 0 saturated carbocycles. The Hall–Kier alpha value is -0.281. The van der Waals surface area contributed by atoms with Gasteiger partial charge in [-0.05, 0) is 43.9 Å². The molecule has 0 aliphatic heterocycles. The summed E-state index contributed by atoms with van der Waals surface area (Å²) >= 11 is 12.1. The molecule has 0 heterocycles. The number of hydrogen-bond donors (Lipinski definition) is 1. The van der Waals surface area contributed by atoms with Gasteiger partial charge in [0.15, 0.2) is 0 Å². The van der Waals surface area contributed by atoms with E-state index < -0.39 is 0 Å². The number of carbonyl (C=O) groups excluding carboxylic acids is 1. The Bertz CT molecular complexity index is 730. The van der Waals surface area contributed by atoms with Gasteiger partial charge < -0.3 is 45.7 Å². The van der Waals surface area contributed by atoms with Crippen molar-refractivity contribution in [2.45, 2.75) is 77.0 Å². The molecule has 1 amide bonds. The number of benzene rings is 1. The number of likely N-dealkylation sites (N-methyl/N-ethyl adjacent to an activating group) is 1. The Morgan fingerprint density at radius 3 is 1.91 bits per heavy atom. The molecule has 0 atom stereocenters. The standard InChI is InChI=1S/C26H47N4OS2.O.Tc/c1-9-29(10-2)16-15-27-23(31)22-13-11-21(12-14-22)17-30(20-26(7,8)33)19-24(3,4)28-18-25(5,6)32;;/h11-14,32-33H,9-10,15-20H2,1-8H3,(H,27,31);;/q-1;;+3/p-2/i;;1+1. The molecule has 0 bridgehead atoms. The molecule has 0 aliphatic carbocycles. The van der Waals surface area contributed by atoms with Gasteiger partial charge in [0.2, 0.25) is 0 Å². The molecule has 0 aliphatic rings. The van der Waals surface area contributed by atoms with E-state index in [1.807, 2.05) is 38.1 Å². The van der Waals surface area contributed by atoms with E-state index in [1.54, 1.807) is 0 Å². The molecule has 9 heteroatoms. The van der Waals surface area contributed by atoms with Gasteiger partial charge in [-0.1, -0.05) is 67.5 Å². The molecule has 1 aromatic rings. The van der Waals surface area contributed by atoms with Gasteiger partial charge in [0, 0.05) is 25.2 Å². The molecule has 0 unspecified atom stereocenters. The van der Waals surface area contributed by atoms with Crippen LogP contribution >= 0.6 is 0 Å². The fourth-order valence-electron chi connectivity index (χ4n) is 3.70. The molecular weight excluding hydrogens is 563 g/mol. The summed E-state index contributed by atoms with van der Waals surface area (Å²) in [6.45, 7) is 23.3. The summed E-state index contributed by atoms with van der Waals surface area (Å²) in [5.74, 6) is -0.0243. The van der Waals surface area contributed by atoms with Crippen molar-refractivity contribution in [2.24, 2.45) is 0 Å². The SMILES string of the molecule is CCN(CC)CCNC(=O)c1ccc(CN(CC(C)(C)[S-])CC(C)(C)[N-]CC(C)(C)[S-])cc1.[O]=[99Tc+3]. The third-order valence-electron chi connectivity index (χ3n) is 5.33. The Morgan fingerprint density at radius 2 is 1.46 bits per heavy atom. The van der Waals surface area contributed by atoms with Crippen LogP contribution in [0.2, 0.25) is 0 Å². The van der Waals surface area contributed by atoms with Crippen molar-refractivity contribution in [3.63, 3.8) is 0 Å². The van der Waals surface area contributed by atoms with E-state index in [0.29, 0.717) is 18.7 Å². The van der Waals surface area contributed by atoms with Crippen molar-refractivity contribution in [3.05, 3.63) is 40.7 Å². The second-order valence-electron chi connectivity index (χ2n) is 10.8. The molecular formula is C26H45N4O2S2Tc. The molecule has 0 spiro atoms. The van der Waals surface area contributed by atoms with Gasteiger partial charge in [-0.25, -0.2) is 0 Å². The molecule has 1 N–H and O–H groups in total. The zero-order valence-electron chi connectivity index (χ0n) is 22.8. The van der Waals surface area contributed by atoms with Crippen LogP contribution in [0.3, 0.4) is 0 Å². The zero-order chi connectivity index (χ0) is 27.3. The van der Waals surface area contributed by atoms with Crippen molar-refractivity contribution in [1.29, 1.82) is 0 Å². The predicted octanol–water partition coefficient (Wildman–Crippen LogP) is 4.24. The first kappa shape index (κ1) is 34.7. The van der Waals surface area contributed by atoms with Gasteiger partial charge in [-0.2, -0.15) is 11.3 Å². The predicted molar refractivity (Wildman–Crippen MR) is 148 cm³/mol. The summed E-state index contributed by atoms with van der Waals surface area (Å²) in [6, 6.07) is 7.90. The Labute approximate surface area is 236 Å². The number of rotatable bonds is 15. The fraction of sp³-hybridized carbons (Fsp3) is 0.731. The van der Waals surface area contributed by atoms with E-state index in [2.05, 4.69) is 56.7 Å². The summed E-state index contributed by atoms with van der Waals surface area (Å²) < 4.78 is 7.75. The maximum absolute atomic E-state index is 12.5. The molecule has 35 heavy (non-hydrogen) atoms. The normalized spacial score (nSPS) is 12.4. The second-order valence-corrected chi connectivity index (χ2v) is 13.0. The Kier molecular flexibility index (Phi) is 16.4. The minimum atomic E-state index is -0.238. The fourth-order valence-corrected chi connectivity index (χ4v) is 3.94. The minimum absolute atomic E-state index is 0.0243. The molecule has 200 valence electrons. The van der Waals surface area contributed by atoms with Crippen molar-refractivity contribution >= 4 is 31.2 Å². The quantitative estimate of drug-likeness (QED) is 0.301. The van der Waals surface area contributed by atoms with E-state index in [0.717, 1.165) is 63.7 Å². The van der Waals surface area contributed by atoms with E-state index in [4.69, 9.17) is 34.1 Å². The number of nitrogens with zero attached hydrogens (tertiary/aromatic N) is 3. The van der Waals surface area contributed by atoms with Crippen LogP contribution in [0.4, 0.5) is 0 Å². The molecule has 0 fully saturated rings. The molecule has 0 saturated heterocycles. The van der Waals surface area contributed by atoms with E-state index in [9.17, 15) is 4.79 Å². The van der Waals surface area contributed by atoms with Crippen molar-refractivity contribution in [2.75, 3.05) is 45.8 Å². The van der Waals surface area contributed by atoms with Crippen molar-refractivity contribution < 1.29 is 27.2 Å². The van der Waals surface area contributed by atoms with Crippen LogP contribution in [0.25, 0.3) is 5.32 Å². The molecule has 1 rings (SSSR count). The van der Waals surface area contributed by atoms with Crippen molar-refractivity contribution in [3.8, 4) is 0 Å². The van der Waals surface area contributed by atoms with Gasteiger partial charge in [-0.3, -0.25) is 4.79 Å². The van der Waals surface area contributed by atoms with Crippen LogP contribution in [-0.2, 0) is 54.2 Å². The molecule has 1 aromatic carbocycles. The summed E-state index contributed by atoms with van der Waals surface area (Å²) in [5, 5.41) is 7.91. The van der Waals surface area contributed by atoms with Gasteiger partial charge in [0.1, 0.15) is 0 Å². The molecule has 0 radical (unpaired) electrons. The van der Waals surface area contributed by atoms with Crippen LogP contribution in [-0.4, -0.2) is 76.6 Å².